The first-order chi connectivity index (χ1) is 8.60. The highest BCUT2D eigenvalue weighted by molar-refractivity contribution is 5.93. The fraction of sp³-hybridized carbons (Fsp3) is 0.143. The molecule has 1 aromatic heterocycles. The molecule has 0 aliphatic carbocycles. The molecule has 0 aliphatic rings. The number of amides is 1. The highest BCUT2D eigenvalue weighted by Gasteiger charge is 2.10. The fourth-order valence-corrected chi connectivity index (χ4v) is 1.83. The van der Waals surface area contributed by atoms with Crippen LogP contribution in [0.2, 0.25) is 0 Å². The Kier molecular flexibility index (Phi) is 3.28. The maximum atomic E-state index is 11.3. The molecular formula is C14H14N2O2. The van der Waals surface area contributed by atoms with Gasteiger partial charge in [-0.3, -0.25) is 9.59 Å². The molecule has 92 valence electrons. The summed E-state index contributed by atoms with van der Waals surface area (Å²) in [6.07, 6.45) is 2.34. The Morgan fingerprint density at radius 1 is 1.33 bits per heavy atom. The Balaban J connectivity index is 2.33. The SMILES string of the molecule is Cc1ccc(Cn2cc(C=O)cc2C(N)=O)cc1. The van der Waals surface area contributed by atoms with Gasteiger partial charge in [-0.25, -0.2) is 0 Å². The van der Waals surface area contributed by atoms with E-state index >= 15 is 0 Å². The molecule has 4 nitrogen and oxygen atoms in total. The van der Waals surface area contributed by atoms with Crippen LogP contribution in [0.4, 0.5) is 0 Å². The van der Waals surface area contributed by atoms with Crippen LogP contribution in [-0.2, 0) is 6.54 Å². The van der Waals surface area contributed by atoms with Gasteiger partial charge in [0, 0.05) is 18.3 Å². The van der Waals surface area contributed by atoms with Crippen molar-refractivity contribution in [3.05, 3.63) is 58.9 Å². The van der Waals surface area contributed by atoms with Gasteiger partial charge in [-0.15, -0.1) is 0 Å². The minimum atomic E-state index is -0.532. The number of primary amides is 1. The summed E-state index contributed by atoms with van der Waals surface area (Å²) in [5, 5.41) is 0. The highest BCUT2D eigenvalue weighted by Crippen LogP contribution is 2.11. The lowest BCUT2D eigenvalue weighted by Crippen LogP contribution is -2.16. The second-order valence-electron chi connectivity index (χ2n) is 4.25. The zero-order chi connectivity index (χ0) is 13.1. The van der Waals surface area contributed by atoms with E-state index in [0.29, 0.717) is 24.1 Å². The quantitative estimate of drug-likeness (QED) is 0.830. The average molecular weight is 242 g/mol. The van der Waals surface area contributed by atoms with E-state index in [-0.39, 0.29) is 0 Å². The summed E-state index contributed by atoms with van der Waals surface area (Å²) in [6.45, 7) is 2.53. The van der Waals surface area contributed by atoms with Crippen molar-refractivity contribution in [1.82, 2.24) is 4.57 Å². The van der Waals surface area contributed by atoms with Crippen LogP contribution in [0.1, 0.15) is 32.0 Å². The molecule has 0 saturated carbocycles. The lowest BCUT2D eigenvalue weighted by Gasteiger charge is -2.07. The van der Waals surface area contributed by atoms with Crippen LogP contribution >= 0.6 is 0 Å². The van der Waals surface area contributed by atoms with E-state index in [0.717, 1.165) is 5.56 Å². The van der Waals surface area contributed by atoms with Gasteiger partial charge in [0.05, 0.1) is 0 Å². The number of aldehydes is 1. The number of aryl methyl sites for hydroxylation is 1. The first-order valence-electron chi connectivity index (χ1n) is 5.61. The van der Waals surface area contributed by atoms with Crippen LogP contribution in [0.15, 0.2) is 36.5 Å². The van der Waals surface area contributed by atoms with Crippen molar-refractivity contribution in [1.29, 1.82) is 0 Å². The molecule has 0 bridgehead atoms. The van der Waals surface area contributed by atoms with Gasteiger partial charge in [0.25, 0.3) is 5.91 Å². The van der Waals surface area contributed by atoms with Crippen molar-refractivity contribution in [3.8, 4) is 0 Å². The molecule has 0 unspecified atom stereocenters. The van der Waals surface area contributed by atoms with Crippen LogP contribution in [0.5, 0.6) is 0 Å². The van der Waals surface area contributed by atoms with E-state index in [2.05, 4.69) is 0 Å². The number of nitrogens with two attached hydrogens (primary N) is 1. The predicted molar refractivity (Wildman–Crippen MR) is 68.6 cm³/mol. The molecule has 0 radical (unpaired) electrons. The third-order valence-corrected chi connectivity index (χ3v) is 2.78. The molecule has 2 aromatic rings. The van der Waals surface area contributed by atoms with E-state index in [4.69, 9.17) is 5.73 Å². The lowest BCUT2D eigenvalue weighted by atomic mass is 10.1. The Labute approximate surface area is 105 Å². The maximum Gasteiger partial charge on any atom is 0.265 e. The molecule has 0 spiro atoms. The number of carbonyl (C=O) groups excluding carboxylic acids is 2. The van der Waals surface area contributed by atoms with Crippen molar-refractivity contribution in [3.63, 3.8) is 0 Å². The summed E-state index contributed by atoms with van der Waals surface area (Å²) in [4.78, 5) is 22.0. The van der Waals surface area contributed by atoms with Crippen molar-refractivity contribution in [2.45, 2.75) is 13.5 Å². The zero-order valence-electron chi connectivity index (χ0n) is 10.1. The van der Waals surface area contributed by atoms with Crippen LogP contribution in [0.25, 0.3) is 0 Å². The second-order valence-corrected chi connectivity index (χ2v) is 4.25. The standard InChI is InChI=1S/C14H14N2O2/c1-10-2-4-11(5-3-10)7-16-8-12(9-17)6-13(16)14(15)18/h2-6,8-9H,7H2,1H3,(H2,15,18). The van der Waals surface area contributed by atoms with Gasteiger partial charge in [-0.1, -0.05) is 29.8 Å². The number of rotatable bonds is 4. The smallest absolute Gasteiger partial charge is 0.265 e. The molecule has 0 saturated heterocycles. The summed E-state index contributed by atoms with van der Waals surface area (Å²) < 4.78 is 1.69. The van der Waals surface area contributed by atoms with E-state index in [1.807, 2.05) is 31.2 Å². The topological polar surface area (TPSA) is 65.1 Å². The summed E-state index contributed by atoms with van der Waals surface area (Å²) in [6, 6.07) is 9.48. The van der Waals surface area contributed by atoms with E-state index in [1.54, 1.807) is 10.8 Å². The summed E-state index contributed by atoms with van der Waals surface area (Å²) in [5.41, 5.74) is 8.31. The highest BCUT2D eigenvalue weighted by atomic mass is 16.1. The molecule has 2 N–H and O–H groups in total. The molecule has 1 amide bonds. The number of hydrogen-bond donors (Lipinski definition) is 1. The van der Waals surface area contributed by atoms with Crippen LogP contribution < -0.4 is 5.73 Å². The van der Waals surface area contributed by atoms with Gasteiger partial charge in [0.2, 0.25) is 0 Å². The maximum absolute atomic E-state index is 11.3. The van der Waals surface area contributed by atoms with Gasteiger partial charge in [0.1, 0.15) is 5.69 Å². The first-order valence-corrected chi connectivity index (χ1v) is 5.61. The van der Waals surface area contributed by atoms with Gasteiger partial charge in [-0.05, 0) is 18.6 Å². The summed E-state index contributed by atoms with van der Waals surface area (Å²) in [5.74, 6) is -0.532. The normalized spacial score (nSPS) is 10.3. The Morgan fingerprint density at radius 2 is 2.00 bits per heavy atom. The number of hydrogen-bond acceptors (Lipinski definition) is 2. The number of benzene rings is 1. The molecule has 4 heteroatoms. The van der Waals surface area contributed by atoms with Crippen LogP contribution in [0.3, 0.4) is 0 Å². The van der Waals surface area contributed by atoms with Crippen molar-refractivity contribution in [2.24, 2.45) is 5.73 Å². The van der Waals surface area contributed by atoms with Crippen LogP contribution in [0, 0.1) is 6.92 Å². The minimum Gasteiger partial charge on any atom is -0.364 e. The third-order valence-electron chi connectivity index (χ3n) is 2.78. The number of carbonyl (C=O) groups is 2. The van der Waals surface area contributed by atoms with Gasteiger partial charge in [0.15, 0.2) is 6.29 Å². The van der Waals surface area contributed by atoms with Crippen molar-refractivity contribution in [2.75, 3.05) is 0 Å². The molecular weight excluding hydrogens is 228 g/mol. The monoisotopic (exact) mass is 242 g/mol. The molecule has 18 heavy (non-hydrogen) atoms. The Morgan fingerprint density at radius 3 is 2.56 bits per heavy atom. The van der Waals surface area contributed by atoms with Crippen molar-refractivity contribution < 1.29 is 9.59 Å². The van der Waals surface area contributed by atoms with Crippen LogP contribution in [-0.4, -0.2) is 16.8 Å². The van der Waals surface area contributed by atoms with E-state index in [9.17, 15) is 9.59 Å². The predicted octanol–water partition coefficient (Wildman–Crippen LogP) is 1.76. The summed E-state index contributed by atoms with van der Waals surface area (Å²) >= 11 is 0. The largest absolute Gasteiger partial charge is 0.364 e. The third kappa shape index (κ3) is 2.48. The number of aromatic nitrogens is 1. The summed E-state index contributed by atoms with van der Waals surface area (Å²) in [7, 11) is 0. The fourth-order valence-electron chi connectivity index (χ4n) is 1.83. The van der Waals surface area contributed by atoms with Gasteiger partial charge >= 0.3 is 0 Å². The van der Waals surface area contributed by atoms with Crippen molar-refractivity contribution >= 4 is 12.2 Å². The first kappa shape index (κ1) is 12.1. The van der Waals surface area contributed by atoms with Gasteiger partial charge < -0.3 is 10.3 Å². The zero-order valence-corrected chi connectivity index (χ0v) is 10.1. The average Bonchev–Trinajstić information content (AvgIpc) is 2.75. The Bertz CT molecular complexity index is 582. The Hall–Kier alpha value is -2.36. The number of nitrogens with zero attached hydrogens (tertiary/aromatic N) is 1. The minimum absolute atomic E-state index is 0.345. The second kappa shape index (κ2) is 4.87. The lowest BCUT2D eigenvalue weighted by molar-refractivity contribution is 0.0991. The van der Waals surface area contributed by atoms with E-state index < -0.39 is 5.91 Å². The van der Waals surface area contributed by atoms with E-state index in [1.165, 1.54) is 11.6 Å². The molecule has 1 heterocycles. The molecule has 0 aliphatic heterocycles. The molecule has 0 fully saturated rings. The molecule has 1 aromatic carbocycles. The molecule has 2 rings (SSSR count). The molecule has 0 atom stereocenters. The van der Waals surface area contributed by atoms with Gasteiger partial charge in [-0.2, -0.15) is 0 Å².